The summed E-state index contributed by atoms with van der Waals surface area (Å²) in [7, 11) is 0. The van der Waals surface area contributed by atoms with E-state index in [0.717, 1.165) is 25.9 Å². The number of esters is 1. The summed E-state index contributed by atoms with van der Waals surface area (Å²) < 4.78 is 4.71. The first kappa shape index (κ1) is 23.4. The zero-order chi connectivity index (χ0) is 18.1. The third-order valence-corrected chi connectivity index (χ3v) is 2.54. The lowest BCUT2D eigenvalue weighted by molar-refractivity contribution is -0.142. The normalized spacial score (nSPS) is 12.1. The van der Waals surface area contributed by atoms with Crippen molar-refractivity contribution in [1.29, 1.82) is 5.26 Å². The highest BCUT2D eigenvalue weighted by atomic mass is 16.5. The summed E-state index contributed by atoms with van der Waals surface area (Å²) in [6, 6.07) is 1.75. The SMILES string of the molecule is CC.CCCN(/C=C/C=C(\C#N)C(=O)OCC(O)CO)CCC. The summed E-state index contributed by atoms with van der Waals surface area (Å²) in [6.07, 6.45) is 5.74. The lowest BCUT2D eigenvalue weighted by atomic mass is 10.2. The number of nitriles is 1. The van der Waals surface area contributed by atoms with Crippen LogP contribution in [0, 0.1) is 11.3 Å². The predicted octanol–water partition coefficient (Wildman–Crippen LogP) is 1.99. The molecule has 6 heteroatoms. The highest BCUT2D eigenvalue weighted by Crippen LogP contribution is 2.01. The van der Waals surface area contributed by atoms with Crippen molar-refractivity contribution >= 4 is 5.97 Å². The van der Waals surface area contributed by atoms with Crippen LogP contribution in [-0.4, -0.2) is 53.5 Å². The molecule has 0 aromatic carbocycles. The van der Waals surface area contributed by atoms with E-state index in [1.165, 1.54) is 6.08 Å². The lowest BCUT2D eigenvalue weighted by Crippen LogP contribution is -2.22. The fourth-order valence-corrected chi connectivity index (χ4v) is 1.55. The first-order valence-electron chi connectivity index (χ1n) is 8.07. The second-order valence-corrected chi connectivity index (χ2v) is 4.50. The Morgan fingerprint density at radius 3 is 2.30 bits per heavy atom. The largest absolute Gasteiger partial charge is 0.459 e. The quantitative estimate of drug-likeness (QED) is 0.276. The molecule has 1 atom stereocenters. The lowest BCUT2D eigenvalue weighted by Gasteiger charge is -2.17. The molecule has 0 radical (unpaired) electrons. The van der Waals surface area contributed by atoms with Crippen molar-refractivity contribution in [1.82, 2.24) is 4.90 Å². The van der Waals surface area contributed by atoms with Crippen LogP contribution >= 0.6 is 0 Å². The van der Waals surface area contributed by atoms with Crippen LogP contribution in [0.4, 0.5) is 0 Å². The molecule has 0 saturated carbocycles. The minimum Gasteiger partial charge on any atom is -0.459 e. The summed E-state index contributed by atoms with van der Waals surface area (Å²) in [5.41, 5.74) is -0.149. The highest BCUT2D eigenvalue weighted by Gasteiger charge is 2.12. The van der Waals surface area contributed by atoms with E-state index < -0.39 is 18.7 Å². The van der Waals surface area contributed by atoms with Crippen LogP contribution in [0.25, 0.3) is 0 Å². The van der Waals surface area contributed by atoms with Crippen molar-refractivity contribution < 1.29 is 19.7 Å². The van der Waals surface area contributed by atoms with E-state index in [1.807, 2.05) is 20.0 Å². The number of allylic oxidation sites excluding steroid dienone is 2. The van der Waals surface area contributed by atoms with Crippen molar-refractivity contribution in [3.63, 3.8) is 0 Å². The Bertz CT molecular complexity index is 394. The Morgan fingerprint density at radius 1 is 1.30 bits per heavy atom. The molecule has 0 heterocycles. The van der Waals surface area contributed by atoms with Crippen molar-refractivity contribution in [2.75, 3.05) is 26.3 Å². The molecule has 6 nitrogen and oxygen atoms in total. The first-order valence-corrected chi connectivity index (χ1v) is 8.07. The first-order chi connectivity index (χ1) is 11.1. The monoisotopic (exact) mass is 326 g/mol. The predicted molar refractivity (Wildman–Crippen MR) is 90.4 cm³/mol. The number of rotatable bonds is 10. The maximum absolute atomic E-state index is 11.6. The van der Waals surface area contributed by atoms with Gasteiger partial charge in [0.1, 0.15) is 24.4 Å². The van der Waals surface area contributed by atoms with Crippen LogP contribution in [-0.2, 0) is 9.53 Å². The van der Waals surface area contributed by atoms with Crippen LogP contribution in [0.5, 0.6) is 0 Å². The number of carbonyl (C=O) groups is 1. The molecule has 132 valence electrons. The van der Waals surface area contributed by atoms with Gasteiger partial charge >= 0.3 is 5.97 Å². The summed E-state index contributed by atoms with van der Waals surface area (Å²) >= 11 is 0. The summed E-state index contributed by atoms with van der Waals surface area (Å²) in [6.45, 7) is 9.14. The Hall–Kier alpha value is -1.84. The number of hydrogen-bond acceptors (Lipinski definition) is 6. The molecule has 0 spiro atoms. The Morgan fingerprint density at radius 2 is 1.87 bits per heavy atom. The molecule has 0 rings (SSSR count). The number of ether oxygens (including phenoxy) is 1. The minimum atomic E-state index is -1.13. The fraction of sp³-hybridized carbons (Fsp3) is 0.647. The van der Waals surface area contributed by atoms with Gasteiger partial charge in [-0.2, -0.15) is 5.26 Å². The molecule has 0 saturated heterocycles. The van der Waals surface area contributed by atoms with Gasteiger partial charge in [0, 0.05) is 13.1 Å². The Kier molecular flexibility index (Phi) is 16.8. The van der Waals surface area contributed by atoms with E-state index >= 15 is 0 Å². The minimum absolute atomic E-state index is 0.149. The van der Waals surface area contributed by atoms with E-state index in [0.29, 0.717) is 0 Å². The van der Waals surface area contributed by atoms with Crippen LogP contribution in [0.3, 0.4) is 0 Å². The highest BCUT2D eigenvalue weighted by molar-refractivity contribution is 5.93. The van der Waals surface area contributed by atoms with Crippen LogP contribution < -0.4 is 0 Å². The molecule has 23 heavy (non-hydrogen) atoms. The average molecular weight is 326 g/mol. The van der Waals surface area contributed by atoms with Gasteiger partial charge in [0.15, 0.2) is 0 Å². The number of aliphatic hydroxyl groups excluding tert-OH is 2. The van der Waals surface area contributed by atoms with E-state index in [-0.39, 0.29) is 12.2 Å². The molecule has 0 aliphatic rings. The van der Waals surface area contributed by atoms with Gasteiger partial charge < -0.3 is 19.8 Å². The number of hydrogen-bond donors (Lipinski definition) is 2. The Balaban J connectivity index is 0. The summed E-state index contributed by atoms with van der Waals surface area (Å²) in [5, 5.41) is 26.6. The van der Waals surface area contributed by atoms with Gasteiger partial charge in [-0.3, -0.25) is 0 Å². The maximum Gasteiger partial charge on any atom is 0.348 e. The van der Waals surface area contributed by atoms with E-state index in [1.54, 1.807) is 12.1 Å². The molecule has 2 N–H and O–H groups in total. The van der Waals surface area contributed by atoms with Gasteiger partial charge in [0.25, 0.3) is 0 Å². The van der Waals surface area contributed by atoms with Gasteiger partial charge in [-0.1, -0.05) is 27.7 Å². The molecular weight excluding hydrogens is 296 g/mol. The topological polar surface area (TPSA) is 93.8 Å². The number of nitrogens with zero attached hydrogens (tertiary/aromatic N) is 2. The maximum atomic E-state index is 11.6. The van der Waals surface area contributed by atoms with Gasteiger partial charge in [-0.05, 0) is 31.2 Å². The Labute approximate surface area is 139 Å². The second-order valence-electron chi connectivity index (χ2n) is 4.50. The van der Waals surface area contributed by atoms with Gasteiger partial charge in [0.05, 0.1) is 6.61 Å². The van der Waals surface area contributed by atoms with E-state index in [4.69, 9.17) is 20.2 Å². The standard InChI is InChI=1S/C15H24N2O4.C2H6/c1-3-7-17(8-4-2)9-5-6-13(10-16)15(20)21-12-14(19)11-18;1-2/h5-6,9,14,18-19H,3-4,7-8,11-12H2,1-2H3;1-2H3/b9-5+,13-6+;. The third kappa shape index (κ3) is 12.4. The zero-order valence-corrected chi connectivity index (χ0v) is 14.7. The molecule has 0 aromatic heterocycles. The summed E-state index contributed by atoms with van der Waals surface area (Å²) in [5.74, 6) is -0.813. The molecule has 0 fully saturated rings. The molecule has 0 aliphatic carbocycles. The van der Waals surface area contributed by atoms with E-state index in [2.05, 4.69) is 18.7 Å². The van der Waals surface area contributed by atoms with Crippen LogP contribution in [0.2, 0.25) is 0 Å². The molecular formula is C17H30N2O4. The van der Waals surface area contributed by atoms with Gasteiger partial charge in [-0.25, -0.2) is 4.79 Å². The third-order valence-electron chi connectivity index (χ3n) is 2.54. The van der Waals surface area contributed by atoms with Crippen molar-refractivity contribution in [2.24, 2.45) is 0 Å². The van der Waals surface area contributed by atoms with Crippen LogP contribution in [0.15, 0.2) is 23.9 Å². The number of aliphatic hydroxyl groups is 2. The summed E-state index contributed by atoms with van der Waals surface area (Å²) in [4.78, 5) is 13.7. The smallest absolute Gasteiger partial charge is 0.348 e. The van der Waals surface area contributed by atoms with Crippen LogP contribution in [0.1, 0.15) is 40.5 Å². The average Bonchev–Trinajstić information content (AvgIpc) is 2.58. The zero-order valence-electron chi connectivity index (χ0n) is 14.7. The van der Waals surface area contributed by atoms with E-state index in [9.17, 15) is 4.79 Å². The molecule has 0 aromatic rings. The van der Waals surface area contributed by atoms with Crippen molar-refractivity contribution in [2.45, 2.75) is 46.6 Å². The molecule has 1 unspecified atom stereocenters. The second kappa shape index (κ2) is 16.5. The van der Waals surface area contributed by atoms with Gasteiger partial charge in [-0.15, -0.1) is 0 Å². The molecule has 0 amide bonds. The number of carbonyl (C=O) groups excluding carboxylic acids is 1. The molecule has 0 bridgehead atoms. The van der Waals surface area contributed by atoms with Gasteiger partial charge in [0.2, 0.25) is 0 Å². The molecule has 0 aliphatic heterocycles. The van der Waals surface area contributed by atoms with Crippen molar-refractivity contribution in [3.8, 4) is 6.07 Å². The van der Waals surface area contributed by atoms with Crippen molar-refractivity contribution in [3.05, 3.63) is 23.9 Å². The fourth-order valence-electron chi connectivity index (χ4n) is 1.55.